The molecule has 0 aliphatic heterocycles. The summed E-state index contributed by atoms with van der Waals surface area (Å²) in [6.07, 6.45) is 4.69. The average Bonchev–Trinajstić information content (AvgIpc) is 3.29. The highest BCUT2D eigenvalue weighted by atomic mass is 16.5. The standard InChI is InChI=1S/C24H28N4O4/c1-27(2)24(30)17-32-21-11-9-18(13-22(21)31-3)14-25-23(29)12-10-19-15-26-28(16-19)20-7-5-4-6-8-20/h4-9,11,13,15-16H,10,12,14,17H2,1-3H3,(H,25,29). The number of aryl methyl sites for hydroxylation is 1. The summed E-state index contributed by atoms with van der Waals surface area (Å²) in [6, 6.07) is 15.2. The van der Waals surface area contributed by atoms with E-state index in [1.165, 1.54) is 12.0 Å². The monoisotopic (exact) mass is 436 g/mol. The lowest BCUT2D eigenvalue weighted by atomic mass is 10.1. The number of aromatic nitrogens is 2. The molecular formula is C24H28N4O4. The van der Waals surface area contributed by atoms with Gasteiger partial charge in [-0.1, -0.05) is 24.3 Å². The van der Waals surface area contributed by atoms with E-state index in [-0.39, 0.29) is 18.4 Å². The van der Waals surface area contributed by atoms with Crippen LogP contribution in [0.15, 0.2) is 60.9 Å². The van der Waals surface area contributed by atoms with E-state index >= 15 is 0 Å². The minimum absolute atomic E-state index is 0.0478. The number of hydrogen-bond acceptors (Lipinski definition) is 5. The number of nitrogens with zero attached hydrogens (tertiary/aromatic N) is 3. The predicted molar refractivity (Wildman–Crippen MR) is 121 cm³/mol. The predicted octanol–water partition coefficient (Wildman–Crippen LogP) is 2.60. The Morgan fingerprint density at radius 3 is 2.56 bits per heavy atom. The summed E-state index contributed by atoms with van der Waals surface area (Å²) in [5, 5.41) is 7.28. The molecule has 3 rings (SSSR count). The topological polar surface area (TPSA) is 85.7 Å². The SMILES string of the molecule is COc1cc(CNC(=O)CCc2cnn(-c3ccccc3)c2)ccc1OCC(=O)N(C)C. The van der Waals surface area contributed by atoms with Crippen molar-refractivity contribution in [2.24, 2.45) is 0 Å². The average molecular weight is 437 g/mol. The van der Waals surface area contributed by atoms with Gasteiger partial charge in [-0.3, -0.25) is 9.59 Å². The Kier molecular flexibility index (Phi) is 7.85. The van der Waals surface area contributed by atoms with Gasteiger partial charge in [0.2, 0.25) is 5.91 Å². The second kappa shape index (κ2) is 11.0. The van der Waals surface area contributed by atoms with E-state index in [9.17, 15) is 9.59 Å². The van der Waals surface area contributed by atoms with Crippen molar-refractivity contribution in [3.63, 3.8) is 0 Å². The maximum atomic E-state index is 12.3. The molecule has 168 valence electrons. The molecule has 0 bridgehead atoms. The van der Waals surface area contributed by atoms with Gasteiger partial charge in [0.15, 0.2) is 18.1 Å². The third kappa shape index (κ3) is 6.34. The van der Waals surface area contributed by atoms with Crippen molar-refractivity contribution in [1.29, 1.82) is 0 Å². The Hall–Kier alpha value is -3.81. The minimum Gasteiger partial charge on any atom is -0.493 e. The van der Waals surface area contributed by atoms with Gasteiger partial charge in [0, 0.05) is 33.3 Å². The zero-order valence-electron chi connectivity index (χ0n) is 18.6. The highest BCUT2D eigenvalue weighted by Gasteiger charge is 2.11. The van der Waals surface area contributed by atoms with Crippen molar-refractivity contribution in [2.75, 3.05) is 27.8 Å². The van der Waals surface area contributed by atoms with Crippen LogP contribution in [0.2, 0.25) is 0 Å². The molecule has 0 fully saturated rings. The summed E-state index contributed by atoms with van der Waals surface area (Å²) < 4.78 is 12.7. The smallest absolute Gasteiger partial charge is 0.259 e. The fourth-order valence-corrected chi connectivity index (χ4v) is 2.97. The third-order valence-corrected chi connectivity index (χ3v) is 4.87. The summed E-state index contributed by atoms with van der Waals surface area (Å²) in [7, 11) is 4.88. The number of ether oxygens (including phenoxy) is 2. The van der Waals surface area contributed by atoms with Gasteiger partial charge in [-0.05, 0) is 41.8 Å². The molecule has 2 amide bonds. The van der Waals surface area contributed by atoms with Crippen molar-refractivity contribution >= 4 is 11.8 Å². The molecule has 0 saturated carbocycles. The van der Waals surface area contributed by atoms with Gasteiger partial charge >= 0.3 is 0 Å². The molecular weight excluding hydrogens is 408 g/mol. The van der Waals surface area contributed by atoms with E-state index in [1.807, 2.05) is 42.6 Å². The minimum atomic E-state index is -0.141. The van der Waals surface area contributed by atoms with Crippen LogP contribution in [-0.4, -0.2) is 54.3 Å². The molecule has 0 aliphatic carbocycles. The van der Waals surface area contributed by atoms with Crippen LogP contribution in [0.1, 0.15) is 17.5 Å². The number of benzene rings is 2. The number of rotatable bonds is 10. The molecule has 8 nitrogen and oxygen atoms in total. The molecule has 32 heavy (non-hydrogen) atoms. The lowest BCUT2D eigenvalue weighted by Crippen LogP contribution is -2.27. The van der Waals surface area contributed by atoms with E-state index in [4.69, 9.17) is 9.47 Å². The van der Waals surface area contributed by atoms with Gasteiger partial charge in [0.25, 0.3) is 5.91 Å². The highest BCUT2D eigenvalue weighted by molar-refractivity contribution is 5.77. The molecule has 0 atom stereocenters. The number of methoxy groups -OCH3 is 1. The van der Waals surface area contributed by atoms with E-state index in [0.29, 0.717) is 30.9 Å². The lowest BCUT2D eigenvalue weighted by molar-refractivity contribution is -0.130. The Balaban J connectivity index is 1.48. The van der Waals surface area contributed by atoms with Crippen LogP contribution in [0, 0.1) is 0 Å². The molecule has 0 unspecified atom stereocenters. The first-order valence-electron chi connectivity index (χ1n) is 10.3. The largest absolute Gasteiger partial charge is 0.493 e. The quantitative estimate of drug-likeness (QED) is 0.528. The van der Waals surface area contributed by atoms with Crippen molar-refractivity contribution in [3.8, 4) is 17.2 Å². The fraction of sp³-hybridized carbons (Fsp3) is 0.292. The first-order valence-corrected chi connectivity index (χ1v) is 10.3. The molecule has 1 N–H and O–H groups in total. The normalized spacial score (nSPS) is 10.5. The van der Waals surface area contributed by atoms with Crippen molar-refractivity contribution in [1.82, 2.24) is 20.0 Å². The zero-order valence-corrected chi connectivity index (χ0v) is 18.6. The fourth-order valence-electron chi connectivity index (χ4n) is 2.97. The molecule has 2 aromatic carbocycles. The van der Waals surface area contributed by atoms with Gasteiger partial charge in [-0.15, -0.1) is 0 Å². The van der Waals surface area contributed by atoms with Crippen molar-refractivity contribution in [3.05, 3.63) is 72.1 Å². The van der Waals surface area contributed by atoms with E-state index in [2.05, 4.69) is 10.4 Å². The Morgan fingerprint density at radius 1 is 1.06 bits per heavy atom. The number of para-hydroxylation sites is 1. The Morgan fingerprint density at radius 2 is 1.84 bits per heavy atom. The van der Waals surface area contributed by atoms with Gasteiger partial charge in [-0.2, -0.15) is 5.10 Å². The Labute approximate surface area is 187 Å². The number of carbonyl (C=O) groups is 2. The van der Waals surface area contributed by atoms with E-state index in [0.717, 1.165) is 16.8 Å². The molecule has 0 radical (unpaired) electrons. The second-order valence-corrected chi connectivity index (χ2v) is 7.47. The van der Waals surface area contributed by atoms with Crippen LogP contribution in [0.25, 0.3) is 5.69 Å². The number of nitrogens with one attached hydrogen (secondary N) is 1. The molecule has 0 aliphatic rings. The highest BCUT2D eigenvalue weighted by Crippen LogP contribution is 2.28. The van der Waals surface area contributed by atoms with Gasteiger partial charge in [0.1, 0.15) is 0 Å². The maximum Gasteiger partial charge on any atom is 0.259 e. The second-order valence-electron chi connectivity index (χ2n) is 7.47. The van der Waals surface area contributed by atoms with E-state index < -0.39 is 0 Å². The number of carbonyl (C=O) groups excluding carboxylic acids is 2. The summed E-state index contributed by atoms with van der Waals surface area (Å²) in [4.78, 5) is 25.5. The summed E-state index contributed by atoms with van der Waals surface area (Å²) in [5.41, 5.74) is 2.86. The van der Waals surface area contributed by atoms with Crippen LogP contribution in [-0.2, 0) is 22.6 Å². The van der Waals surface area contributed by atoms with Crippen molar-refractivity contribution in [2.45, 2.75) is 19.4 Å². The first-order chi connectivity index (χ1) is 15.5. The Bertz CT molecular complexity index is 1050. The van der Waals surface area contributed by atoms with E-state index in [1.54, 1.807) is 37.1 Å². The molecule has 3 aromatic rings. The number of hydrogen-bond donors (Lipinski definition) is 1. The summed E-state index contributed by atoms with van der Waals surface area (Å²) in [6.45, 7) is 0.301. The van der Waals surface area contributed by atoms with Crippen LogP contribution in [0.3, 0.4) is 0 Å². The van der Waals surface area contributed by atoms with Gasteiger partial charge < -0.3 is 19.7 Å². The van der Waals surface area contributed by atoms with Crippen LogP contribution in [0.5, 0.6) is 11.5 Å². The first kappa shape index (κ1) is 22.9. The zero-order chi connectivity index (χ0) is 22.9. The molecule has 8 heteroatoms. The number of amides is 2. The molecule has 0 spiro atoms. The number of likely N-dealkylation sites (N-methyl/N-ethyl adjacent to an activating group) is 1. The lowest BCUT2D eigenvalue weighted by Gasteiger charge is -2.14. The molecule has 1 heterocycles. The van der Waals surface area contributed by atoms with Crippen LogP contribution < -0.4 is 14.8 Å². The summed E-state index contributed by atoms with van der Waals surface area (Å²) >= 11 is 0. The summed E-state index contributed by atoms with van der Waals surface area (Å²) in [5.74, 6) is 0.802. The van der Waals surface area contributed by atoms with Crippen molar-refractivity contribution < 1.29 is 19.1 Å². The molecule has 0 saturated heterocycles. The van der Waals surface area contributed by atoms with Gasteiger partial charge in [-0.25, -0.2) is 4.68 Å². The van der Waals surface area contributed by atoms with Gasteiger partial charge in [0.05, 0.1) is 19.0 Å². The third-order valence-electron chi connectivity index (χ3n) is 4.87. The van der Waals surface area contributed by atoms with Crippen LogP contribution in [0.4, 0.5) is 0 Å². The van der Waals surface area contributed by atoms with Crippen LogP contribution >= 0.6 is 0 Å². The maximum absolute atomic E-state index is 12.3. The molecule has 1 aromatic heterocycles.